The van der Waals surface area contributed by atoms with Crippen LogP contribution in [0.15, 0.2) is 54.7 Å². The van der Waals surface area contributed by atoms with Crippen LogP contribution in [0.1, 0.15) is 46.7 Å². The highest BCUT2D eigenvalue weighted by atomic mass is 16.5. The fourth-order valence-corrected chi connectivity index (χ4v) is 5.05. The third kappa shape index (κ3) is 4.25. The van der Waals surface area contributed by atoms with Crippen LogP contribution in [0.5, 0.6) is 0 Å². The van der Waals surface area contributed by atoms with Gasteiger partial charge in [-0.1, -0.05) is 48.5 Å². The van der Waals surface area contributed by atoms with Crippen molar-refractivity contribution >= 4 is 23.8 Å². The molecule has 9 nitrogen and oxygen atoms in total. The highest BCUT2D eigenvalue weighted by Gasteiger charge is 2.35. The topological polar surface area (TPSA) is 114 Å². The Kier molecular flexibility index (Phi) is 5.98. The summed E-state index contributed by atoms with van der Waals surface area (Å²) in [5.41, 5.74) is 4.59. The van der Waals surface area contributed by atoms with Gasteiger partial charge in [0.2, 0.25) is 0 Å². The predicted octanol–water partition coefficient (Wildman–Crippen LogP) is 3.86. The van der Waals surface area contributed by atoms with Crippen molar-refractivity contribution in [2.45, 2.75) is 31.2 Å². The quantitative estimate of drug-likeness (QED) is 0.581. The van der Waals surface area contributed by atoms with Gasteiger partial charge in [0, 0.05) is 25.7 Å². The molecule has 0 bridgehead atoms. The number of aliphatic carboxylic acids is 1. The number of aromatic nitrogens is 2. The number of benzene rings is 2. The molecule has 2 amide bonds. The predicted molar refractivity (Wildman–Crippen MR) is 128 cm³/mol. The van der Waals surface area contributed by atoms with Crippen molar-refractivity contribution in [1.29, 1.82) is 0 Å². The lowest BCUT2D eigenvalue weighted by molar-refractivity contribution is -0.143. The monoisotopic (exact) mass is 474 g/mol. The summed E-state index contributed by atoms with van der Waals surface area (Å²) >= 11 is 0. The Morgan fingerprint density at radius 3 is 2.37 bits per heavy atom. The lowest BCUT2D eigenvalue weighted by Crippen LogP contribution is -2.48. The van der Waals surface area contributed by atoms with Gasteiger partial charge in [-0.3, -0.25) is 14.8 Å². The largest absolute Gasteiger partial charge is 0.480 e. The van der Waals surface area contributed by atoms with Gasteiger partial charge >= 0.3 is 12.1 Å². The zero-order chi connectivity index (χ0) is 24.5. The molecule has 35 heavy (non-hydrogen) atoms. The van der Waals surface area contributed by atoms with Gasteiger partial charge in [0.25, 0.3) is 5.91 Å². The number of ether oxygens (including phenoxy) is 1. The Hall–Kier alpha value is -4.14. The first-order valence-corrected chi connectivity index (χ1v) is 11.6. The van der Waals surface area contributed by atoms with E-state index in [1.165, 1.54) is 15.8 Å². The van der Waals surface area contributed by atoms with E-state index >= 15 is 0 Å². The molecule has 5 rings (SSSR count). The van der Waals surface area contributed by atoms with Gasteiger partial charge in [0.05, 0.1) is 0 Å². The minimum absolute atomic E-state index is 0.0458. The third-order valence-corrected chi connectivity index (χ3v) is 6.67. The van der Waals surface area contributed by atoms with E-state index in [1.807, 2.05) is 36.4 Å². The van der Waals surface area contributed by atoms with Crippen LogP contribution in [0.4, 0.5) is 10.6 Å². The first kappa shape index (κ1) is 22.6. The van der Waals surface area contributed by atoms with Crippen LogP contribution in [-0.2, 0) is 16.6 Å². The number of hydrogen-bond acceptors (Lipinski definition) is 5. The van der Waals surface area contributed by atoms with Gasteiger partial charge in [-0.25, -0.2) is 9.59 Å². The van der Waals surface area contributed by atoms with E-state index in [-0.39, 0.29) is 23.9 Å². The smallest absolute Gasteiger partial charge is 0.412 e. The first-order valence-electron chi connectivity index (χ1n) is 11.6. The van der Waals surface area contributed by atoms with E-state index in [9.17, 15) is 19.5 Å². The summed E-state index contributed by atoms with van der Waals surface area (Å²) in [7, 11) is 1.63. The van der Waals surface area contributed by atoms with E-state index in [2.05, 4.69) is 22.5 Å². The molecule has 1 aliphatic heterocycles. The van der Waals surface area contributed by atoms with E-state index in [1.54, 1.807) is 7.05 Å². The van der Waals surface area contributed by atoms with Crippen LogP contribution >= 0.6 is 0 Å². The summed E-state index contributed by atoms with van der Waals surface area (Å²) in [6, 6.07) is 15.2. The van der Waals surface area contributed by atoms with Crippen molar-refractivity contribution in [3.8, 4) is 11.1 Å². The number of aryl methyl sites for hydroxylation is 1. The molecule has 1 unspecified atom stereocenters. The number of nitrogens with one attached hydrogen (secondary N) is 1. The molecule has 1 aliphatic carbocycles. The van der Waals surface area contributed by atoms with Crippen LogP contribution in [0.25, 0.3) is 11.1 Å². The molecule has 2 aliphatic rings. The normalized spacial score (nSPS) is 16.9. The highest BCUT2D eigenvalue weighted by Crippen LogP contribution is 2.44. The first-order chi connectivity index (χ1) is 16.9. The maximum absolute atomic E-state index is 13.2. The molecule has 1 saturated heterocycles. The van der Waals surface area contributed by atoms with Gasteiger partial charge in [-0.2, -0.15) is 5.10 Å². The van der Waals surface area contributed by atoms with Crippen molar-refractivity contribution in [2.24, 2.45) is 7.05 Å². The summed E-state index contributed by atoms with van der Waals surface area (Å²) in [6.45, 7) is 0.471. The van der Waals surface area contributed by atoms with Gasteiger partial charge in [0.1, 0.15) is 18.2 Å². The number of likely N-dealkylation sites (tertiary alicyclic amines) is 1. The molecular weight excluding hydrogens is 448 g/mol. The van der Waals surface area contributed by atoms with Crippen LogP contribution in [-0.4, -0.2) is 57.0 Å². The van der Waals surface area contributed by atoms with Crippen LogP contribution in [0.3, 0.4) is 0 Å². The summed E-state index contributed by atoms with van der Waals surface area (Å²) in [4.78, 5) is 38.9. The lowest BCUT2D eigenvalue weighted by atomic mass is 9.98. The van der Waals surface area contributed by atoms with Crippen LogP contribution < -0.4 is 5.32 Å². The Balaban J connectivity index is 1.30. The number of carboxylic acid groups (broad SMARTS) is 1. The van der Waals surface area contributed by atoms with Crippen molar-refractivity contribution in [1.82, 2.24) is 14.7 Å². The molecule has 0 radical (unpaired) electrons. The number of hydrogen-bond donors (Lipinski definition) is 2. The van der Waals surface area contributed by atoms with Crippen molar-refractivity contribution in [3.63, 3.8) is 0 Å². The van der Waals surface area contributed by atoms with Gasteiger partial charge in [0.15, 0.2) is 5.82 Å². The SMILES string of the molecule is Cn1cc(C(=O)N2CCCCC2C(=O)O)c(NC(=O)OCC2c3ccccc3-c3ccccc32)n1. The van der Waals surface area contributed by atoms with Crippen molar-refractivity contribution < 1.29 is 24.2 Å². The Bertz CT molecular complexity index is 1250. The van der Waals surface area contributed by atoms with Gasteiger partial charge in [-0.15, -0.1) is 0 Å². The summed E-state index contributed by atoms with van der Waals surface area (Å²) in [5.74, 6) is -1.56. The van der Waals surface area contributed by atoms with E-state index < -0.39 is 24.0 Å². The molecule has 2 aromatic carbocycles. The minimum Gasteiger partial charge on any atom is -0.480 e. The number of carbonyl (C=O) groups is 3. The number of carboxylic acids is 1. The lowest BCUT2D eigenvalue weighted by Gasteiger charge is -2.32. The Morgan fingerprint density at radius 1 is 1.06 bits per heavy atom. The average molecular weight is 475 g/mol. The van der Waals surface area contributed by atoms with E-state index in [0.717, 1.165) is 35.1 Å². The molecule has 180 valence electrons. The third-order valence-electron chi connectivity index (χ3n) is 6.67. The fourth-order valence-electron chi connectivity index (χ4n) is 5.05. The zero-order valence-corrected chi connectivity index (χ0v) is 19.3. The second kappa shape index (κ2) is 9.25. The van der Waals surface area contributed by atoms with Crippen molar-refractivity contribution in [3.05, 3.63) is 71.4 Å². The number of rotatable bonds is 5. The Morgan fingerprint density at radius 2 is 1.71 bits per heavy atom. The van der Waals surface area contributed by atoms with Crippen LogP contribution in [0.2, 0.25) is 0 Å². The summed E-state index contributed by atoms with van der Waals surface area (Å²) in [5, 5.41) is 16.3. The number of amides is 2. The molecule has 0 saturated carbocycles. The maximum Gasteiger partial charge on any atom is 0.412 e. The molecule has 3 aromatic rings. The fraction of sp³-hybridized carbons (Fsp3) is 0.308. The van der Waals surface area contributed by atoms with E-state index in [0.29, 0.717) is 13.0 Å². The number of fused-ring (bicyclic) bond motifs is 3. The number of anilines is 1. The molecule has 1 aromatic heterocycles. The molecule has 1 fully saturated rings. The summed E-state index contributed by atoms with van der Waals surface area (Å²) < 4.78 is 6.98. The maximum atomic E-state index is 13.2. The van der Waals surface area contributed by atoms with Gasteiger partial charge < -0.3 is 14.7 Å². The Labute approximate surface area is 202 Å². The molecular formula is C26H26N4O5. The second-order valence-corrected chi connectivity index (χ2v) is 8.86. The van der Waals surface area contributed by atoms with Crippen LogP contribution in [0, 0.1) is 0 Å². The molecule has 9 heteroatoms. The average Bonchev–Trinajstić information content (AvgIpc) is 3.39. The van der Waals surface area contributed by atoms with Crippen molar-refractivity contribution in [2.75, 3.05) is 18.5 Å². The number of piperidine rings is 1. The second-order valence-electron chi connectivity index (χ2n) is 8.86. The van der Waals surface area contributed by atoms with Gasteiger partial charge in [-0.05, 0) is 41.5 Å². The standard InChI is InChI=1S/C26H26N4O5/c1-29-14-20(24(31)30-13-7-6-12-22(30)25(32)33)23(28-29)27-26(34)35-15-21-18-10-4-2-8-16(18)17-9-3-5-11-19(17)21/h2-5,8-11,14,21-22H,6-7,12-13,15H2,1H3,(H,32,33)(H,27,28,34). The number of carbonyl (C=O) groups excluding carboxylic acids is 2. The molecule has 2 N–H and O–H groups in total. The zero-order valence-electron chi connectivity index (χ0n) is 19.3. The number of nitrogens with zero attached hydrogens (tertiary/aromatic N) is 3. The molecule has 0 spiro atoms. The highest BCUT2D eigenvalue weighted by molar-refractivity contribution is 6.03. The molecule has 2 heterocycles. The van der Waals surface area contributed by atoms with E-state index in [4.69, 9.17) is 4.74 Å². The molecule has 1 atom stereocenters. The minimum atomic E-state index is -1.03. The summed E-state index contributed by atoms with van der Waals surface area (Å²) in [6.07, 6.45) is 2.63.